The molecule has 1 N–H and O–H groups in total. The van der Waals surface area contributed by atoms with Crippen LogP contribution < -0.4 is 5.32 Å². The number of aromatic nitrogens is 3. The molecule has 0 atom stereocenters. The first-order chi connectivity index (χ1) is 14.7. The molecule has 0 radical (unpaired) electrons. The average molecular weight is 398 g/mol. The van der Waals surface area contributed by atoms with Crippen LogP contribution >= 0.6 is 0 Å². The predicted octanol–water partition coefficient (Wildman–Crippen LogP) is 4.64. The van der Waals surface area contributed by atoms with Crippen LogP contribution in [-0.4, -0.2) is 27.8 Å². The van der Waals surface area contributed by atoms with Crippen LogP contribution in [0.5, 0.6) is 0 Å². The van der Waals surface area contributed by atoms with Crippen LogP contribution in [0.15, 0.2) is 79.1 Å². The van der Waals surface area contributed by atoms with E-state index in [2.05, 4.69) is 10.3 Å². The molecule has 6 nitrogen and oxygen atoms in total. The van der Waals surface area contributed by atoms with Crippen LogP contribution in [0.25, 0.3) is 16.9 Å². The summed E-state index contributed by atoms with van der Waals surface area (Å²) < 4.78 is 6.79. The monoisotopic (exact) mass is 398 g/mol. The summed E-state index contributed by atoms with van der Waals surface area (Å²) in [4.78, 5) is 16.5. The van der Waals surface area contributed by atoms with Gasteiger partial charge in [0.15, 0.2) is 0 Å². The summed E-state index contributed by atoms with van der Waals surface area (Å²) in [6, 6.07) is 21.7. The first-order valence-electron chi connectivity index (χ1n) is 9.64. The van der Waals surface area contributed by atoms with Gasteiger partial charge in [0.1, 0.15) is 0 Å². The Bertz CT molecular complexity index is 1150. The number of hydrogen-bond donors (Lipinski definition) is 1. The number of benzene rings is 2. The number of pyridine rings is 1. The van der Waals surface area contributed by atoms with E-state index in [-0.39, 0.29) is 0 Å². The zero-order valence-electron chi connectivity index (χ0n) is 16.9. The minimum Gasteiger partial charge on any atom is -0.465 e. The highest BCUT2D eigenvalue weighted by Gasteiger charge is 2.17. The molecule has 0 bridgehead atoms. The van der Waals surface area contributed by atoms with Crippen LogP contribution in [0.1, 0.15) is 21.6 Å². The first kappa shape index (κ1) is 19.4. The minimum absolute atomic E-state index is 0.397. The minimum atomic E-state index is -0.397. The summed E-state index contributed by atoms with van der Waals surface area (Å²) in [7, 11) is 1.37. The van der Waals surface area contributed by atoms with E-state index in [0.717, 1.165) is 28.2 Å². The number of para-hydroxylation sites is 1. The van der Waals surface area contributed by atoms with Gasteiger partial charge in [0.2, 0.25) is 0 Å². The van der Waals surface area contributed by atoms with Crippen molar-refractivity contribution in [2.24, 2.45) is 0 Å². The second-order valence-electron chi connectivity index (χ2n) is 6.81. The van der Waals surface area contributed by atoms with Gasteiger partial charge in [-0.15, -0.1) is 0 Å². The maximum atomic E-state index is 12.2. The molecule has 2 aromatic heterocycles. The molecule has 0 amide bonds. The van der Waals surface area contributed by atoms with Crippen molar-refractivity contribution in [2.45, 2.75) is 13.5 Å². The molecule has 150 valence electrons. The molecule has 6 heteroatoms. The molecule has 2 aromatic carbocycles. The molecule has 0 fully saturated rings. The lowest BCUT2D eigenvalue weighted by atomic mass is 10.1. The van der Waals surface area contributed by atoms with E-state index in [4.69, 9.17) is 9.84 Å². The highest BCUT2D eigenvalue weighted by molar-refractivity contribution is 5.96. The molecule has 30 heavy (non-hydrogen) atoms. The van der Waals surface area contributed by atoms with Gasteiger partial charge in [0, 0.05) is 30.1 Å². The van der Waals surface area contributed by atoms with E-state index in [9.17, 15) is 4.79 Å². The third-order valence-electron chi connectivity index (χ3n) is 4.86. The topological polar surface area (TPSA) is 69.0 Å². The van der Waals surface area contributed by atoms with E-state index in [0.29, 0.717) is 17.8 Å². The second-order valence-corrected chi connectivity index (χ2v) is 6.81. The van der Waals surface area contributed by atoms with Gasteiger partial charge in [-0.1, -0.05) is 48.5 Å². The standard InChI is InChI=1S/C24H22N4O2/c1-17-22(21(13-14-25-17)24(29)30-2)26-15-19-16-28(20-11-7-4-8-12-20)27-23(19)18-9-5-3-6-10-18/h3-14,16,26H,15H2,1-2H3. The van der Waals surface area contributed by atoms with Crippen molar-refractivity contribution in [1.82, 2.24) is 14.8 Å². The van der Waals surface area contributed by atoms with Crippen molar-refractivity contribution in [3.63, 3.8) is 0 Å². The van der Waals surface area contributed by atoms with Gasteiger partial charge >= 0.3 is 5.97 Å². The Labute approximate surface area is 175 Å². The van der Waals surface area contributed by atoms with Crippen molar-refractivity contribution >= 4 is 11.7 Å². The average Bonchev–Trinajstić information content (AvgIpc) is 3.23. The van der Waals surface area contributed by atoms with Crippen LogP contribution in [0.2, 0.25) is 0 Å². The number of rotatable bonds is 6. The molecule has 0 aliphatic carbocycles. The van der Waals surface area contributed by atoms with Crippen molar-refractivity contribution in [2.75, 3.05) is 12.4 Å². The molecule has 2 heterocycles. The number of ether oxygens (including phenoxy) is 1. The third kappa shape index (κ3) is 3.93. The number of anilines is 1. The number of carbonyl (C=O) groups excluding carboxylic acids is 1. The summed E-state index contributed by atoms with van der Waals surface area (Å²) in [5.74, 6) is -0.397. The van der Waals surface area contributed by atoms with E-state index in [1.807, 2.05) is 78.5 Å². The Hall–Kier alpha value is -3.93. The molecular formula is C24H22N4O2. The molecule has 0 aliphatic rings. The third-order valence-corrected chi connectivity index (χ3v) is 4.86. The number of aryl methyl sites for hydroxylation is 1. The number of hydrogen-bond acceptors (Lipinski definition) is 5. The Morgan fingerprint density at radius 2 is 1.73 bits per heavy atom. The lowest BCUT2D eigenvalue weighted by Crippen LogP contribution is -2.10. The zero-order chi connectivity index (χ0) is 20.9. The summed E-state index contributed by atoms with van der Waals surface area (Å²) in [6.07, 6.45) is 3.61. The van der Waals surface area contributed by atoms with Crippen LogP contribution in [0.4, 0.5) is 5.69 Å². The van der Waals surface area contributed by atoms with Gasteiger partial charge in [-0.3, -0.25) is 4.98 Å². The number of esters is 1. The maximum absolute atomic E-state index is 12.2. The van der Waals surface area contributed by atoms with Gasteiger partial charge in [0.25, 0.3) is 0 Å². The molecular weight excluding hydrogens is 376 g/mol. The van der Waals surface area contributed by atoms with Gasteiger partial charge in [-0.05, 0) is 25.1 Å². The summed E-state index contributed by atoms with van der Waals surface area (Å²) in [5, 5.41) is 8.20. The van der Waals surface area contributed by atoms with Crippen LogP contribution in [0.3, 0.4) is 0 Å². The number of nitrogens with zero attached hydrogens (tertiary/aromatic N) is 3. The fourth-order valence-electron chi connectivity index (χ4n) is 3.34. The maximum Gasteiger partial charge on any atom is 0.340 e. The smallest absolute Gasteiger partial charge is 0.340 e. The number of methoxy groups -OCH3 is 1. The summed E-state index contributed by atoms with van der Waals surface area (Å²) >= 11 is 0. The van der Waals surface area contributed by atoms with Gasteiger partial charge in [-0.25, -0.2) is 9.48 Å². The lowest BCUT2D eigenvalue weighted by Gasteiger charge is -2.13. The Kier molecular flexibility index (Phi) is 5.57. The largest absolute Gasteiger partial charge is 0.465 e. The molecule has 4 aromatic rings. The van der Waals surface area contributed by atoms with Crippen LogP contribution in [0, 0.1) is 6.92 Å². The molecule has 0 unspecified atom stereocenters. The van der Waals surface area contributed by atoms with Crippen molar-refractivity contribution in [3.8, 4) is 16.9 Å². The Morgan fingerprint density at radius 3 is 2.43 bits per heavy atom. The fraction of sp³-hybridized carbons (Fsp3) is 0.125. The number of carbonyl (C=O) groups is 1. The van der Waals surface area contributed by atoms with Gasteiger partial charge in [-0.2, -0.15) is 5.10 Å². The quantitative estimate of drug-likeness (QED) is 0.479. The second kappa shape index (κ2) is 8.61. The Morgan fingerprint density at radius 1 is 1.03 bits per heavy atom. The molecule has 0 spiro atoms. The zero-order valence-corrected chi connectivity index (χ0v) is 16.9. The summed E-state index contributed by atoms with van der Waals surface area (Å²) in [6.45, 7) is 2.34. The highest BCUT2D eigenvalue weighted by atomic mass is 16.5. The molecule has 0 aliphatic heterocycles. The fourth-order valence-corrected chi connectivity index (χ4v) is 3.34. The number of nitrogens with one attached hydrogen (secondary N) is 1. The van der Waals surface area contributed by atoms with Gasteiger partial charge in [0.05, 0.1) is 35.4 Å². The first-order valence-corrected chi connectivity index (χ1v) is 9.64. The normalized spacial score (nSPS) is 10.6. The lowest BCUT2D eigenvalue weighted by molar-refractivity contribution is 0.0601. The van der Waals surface area contributed by atoms with E-state index in [1.54, 1.807) is 12.3 Å². The van der Waals surface area contributed by atoms with Crippen LogP contribution in [-0.2, 0) is 11.3 Å². The molecule has 4 rings (SSSR count). The van der Waals surface area contributed by atoms with E-state index >= 15 is 0 Å². The van der Waals surface area contributed by atoms with Crippen molar-refractivity contribution in [3.05, 3.63) is 95.9 Å². The van der Waals surface area contributed by atoms with Gasteiger partial charge < -0.3 is 10.1 Å². The molecule has 0 saturated heterocycles. The van der Waals surface area contributed by atoms with Crippen molar-refractivity contribution < 1.29 is 9.53 Å². The SMILES string of the molecule is COC(=O)c1ccnc(C)c1NCc1cn(-c2ccccc2)nc1-c1ccccc1. The van der Waals surface area contributed by atoms with Crippen molar-refractivity contribution in [1.29, 1.82) is 0 Å². The predicted molar refractivity (Wildman–Crippen MR) is 117 cm³/mol. The Balaban J connectivity index is 1.71. The summed E-state index contributed by atoms with van der Waals surface area (Å²) in [5.41, 5.74) is 5.75. The molecule has 0 saturated carbocycles. The van der Waals surface area contributed by atoms with E-state index < -0.39 is 5.97 Å². The van der Waals surface area contributed by atoms with E-state index in [1.165, 1.54) is 7.11 Å². The highest BCUT2D eigenvalue weighted by Crippen LogP contribution is 2.26.